The molecule has 0 aromatic carbocycles. The van der Waals surface area contributed by atoms with Gasteiger partial charge in [0, 0.05) is 39.8 Å². The van der Waals surface area contributed by atoms with Crippen LogP contribution >= 0.6 is 0 Å². The summed E-state index contributed by atoms with van der Waals surface area (Å²) in [5, 5.41) is 5.74. The van der Waals surface area contributed by atoms with Crippen LogP contribution in [-0.2, 0) is 23.7 Å². The molecule has 3 fully saturated rings. The minimum atomic E-state index is -0.510. The summed E-state index contributed by atoms with van der Waals surface area (Å²) in [6.07, 6.45) is 4.98. The number of hydrogen-bond acceptors (Lipinski definition) is 6. The summed E-state index contributed by atoms with van der Waals surface area (Å²) in [5.74, 6) is 0.322. The summed E-state index contributed by atoms with van der Waals surface area (Å²) in [6, 6.07) is 0.934. The number of carbonyl (C=O) groups is 3. The van der Waals surface area contributed by atoms with Crippen molar-refractivity contribution < 1.29 is 14.4 Å². The van der Waals surface area contributed by atoms with Crippen molar-refractivity contribution in [1.29, 1.82) is 0 Å². The highest BCUT2D eigenvalue weighted by Gasteiger charge is 2.45. The van der Waals surface area contributed by atoms with Crippen molar-refractivity contribution in [2.24, 2.45) is 25.4 Å². The fraction of sp³-hybridized carbons (Fsp3) is 0.667. The smallest absolute Gasteiger partial charge is 0.332 e. The van der Waals surface area contributed by atoms with Gasteiger partial charge in [-0.3, -0.25) is 28.4 Å². The fourth-order valence-corrected chi connectivity index (χ4v) is 5.37. The third kappa shape index (κ3) is 3.91. The lowest BCUT2D eigenvalue weighted by Crippen LogP contribution is -2.49. The number of carbonyl (C=O) groups excluding carboxylic acids is 3. The SMILES string of the molecule is Cn1c(NCC2CCCC23CCN(C(=O)CN2C(=O)CNC2=O)CC3)cc(=O)n(C)c1=O. The number of nitrogens with one attached hydrogen (secondary N) is 2. The maximum atomic E-state index is 12.6. The van der Waals surface area contributed by atoms with Gasteiger partial charge in [0.15, 0.2) is 0 Å². The number of imide groups is 1. The van der Waals surface area contributed by atoms with Crippen molar-refractivity contribution in [3.8, 4) is 0 Å². The van der Waals surface area contributed by atoms with Crippen molar-refractivity contribution >= 4 is 23.7 Å². The first-order valence-corrected chi connectivity index (χ1v) is 11.1. The zero-order valence-electron chi connectivity index (χ0n) is 18.6. The number of piperidine rings is 1. The van der Waals surface area contributed by atoms with E-state index < -0.39 is 6.03 Å². The number of urea groups is 1. The molecule has 1 spiro atoms. The molecule has 0 bridgehead atoms. The number of hydrogen-bond donors (Lipinski definition) is 2. The standard InChI is InChI=1S/C21H30N6O5/c1-24-15(10-16(28)25(2)20(24)32)22-11-14-4-3-5-21(14)6-8-26(9-7-21)18(30)13-27-17(29)12-23-19(27)31/h10,14,22H,3-9,11-13H2,1-2H3,(H,23,31). The van der Waals surface area contributed by atoms with E-state index in [9.17, 15) is 24.0 Å². The minimum absolute atomic E-state index is 0.0526. The normalized spacial score (nSPS) is 22.5. The third-order valence-electron chi connectivity index (χ3n) is 7.49. The van der Waals surface area contributed by atoms with Crippen LogP contribution in [0.15, 0.2) is 15.7 Å². The first-order valence-electron chi connectivity index (χ1n) is 11.1. The van der Waals surface area contributed by atoms with Crippen LogP contribution < -0.4 is 21.9 Å². The number of rotatable bonds is 5. The van der Waals surface area contributed by atoms with Crippen molar-refractivity contribution in [2.45, 2.75) is 32.1 Å². The Labute approximate surface area is 185 Å². The average molecular weight is 447 g/mol. The van der Waals surface area contributed by atoms with Crippen LogP contribution in [0.25, 0.3) is 0 Å². The molecule has 4 amide bonds. The van der Waals surface area contributed by atoms with Crippen molar-refractivity contribution in [1.82, 2.24) is 24.3 Å². The molecule has 1 aromatic rings. The van der Waals surface area contributed by atoms with Crippen molar-refractivity contribution in [2.75, 3.05) is 38.0 Å². The van der Waals surface area contributed by atoms with E-state index in [1.54, 1.807) is 11.9 Å². The lowest BCUT2D eigenvalue weighted by atomic mass is 9.70. The molecule has 174 valence electrons. The summed E-state index contributed by atoms with van der Waals surface area (Å²) in [5.41, 5.74) is -0.588. The monoisotopic (exact) mass is 446 g/mol. The summed E-state index contributed by atoms with van der Waals surface area (Å²) >= 11 is 0. The van der Waals surface area contributed by atoms with Crippen molar-refractivity contribution in [3.05, 3.63) is 26.9 Å². The second-order valence-corrected chi connectivity index (χ2v) is 9.12. The van der Waals surface area contributed by atoms with Gasteiger partial charge in [-0.1, -0.05) is 6.42 Å². The summed E-state index contributed by atoms with van der Waals surface area (Å²) < 4.78 is 2.52. The Bertz CT molecular complexity index is 1040. The Morgan fingerprint density at radius 1 is 1.12 bits per heavy atom. The van der Waals surface area contributed by atoms with Gasteiger partial charge in [0.2, 0.25) is 5.91 Å². The topological polar surface area (TPSA) is 126 Å². The molecule has 0 radical (unpaired) electrons. The number of nitrogens with zero attached hydrogens (tertiary/aromatic N) is 4. The van der Waals surface area contributed by atoms with Crippen LogP contribution in [-0.4, -0.2) is 69.5 Å². The molecule has 2 saturated heterocycles. The van der Waals surface area contributed by atoms with Gasteiger partial charge in [0.05, 0.1) is 6.54 Å². The molecule has 32 heavy (non-hydrogen) atoms. The highest BCUT2D eigenvalue weighted by atomic mass is 16.2. The Morgan fingerprint density at radius 3 is 2.50 bits per heavy atom. The number of anilines is 1. The first kappa shape index (κ1) is 22.1. The molecule has 3 aliphatic rings. The van der Waals surface area contributed by atoms with Crippen LogP contribution in [0.3, 0.4) is 0 Å². The molecule has 1 aliphatic carbocycles. The molecule has 11 nitrogen and oxygen atoms in total. The van der Waals surface area contributed by atoms with Gasteiger partial charge in [0.25, 0.3) is 11.5 Å². The summed E-state index contributed by atoms with van der Waals surface area (Å²) in [4.78, 5) is 63.0. The first-order chi connectivity index (χ1) is 15.2. The van der Waals surface area contributed by atoms with Gasteiger partial charge in [0.1, 0.15) is 12.4 Å². The quantitative estimate of drug-likeness (QED) is 0.585. The molecule has 1 saturated carbocycles. The van der Waals surface area contributed by atoms with E-state index in [-0.39, 0.29) is 41.6 Å². The molecule has 2 N–H and O–H groups in total. The Morgan fingerprint density at radius 2 is 1.84 bits per heavy atom. The van der Waals surface area contributed by atoms with Crippen LogP contribution in [0.1, 0.15) is 32.1 Å². The minimum Gasteiger partial charge on any atom is -0.371 e. The van der Waals surface area contributed by atoms with E-state index in [1.165, 1.54) is 17.7 Å². The molecular formula is C21H30N6O5. The van der Waals surface area contributed by atoms with E-state index in [2.05, 4.69) is 10.6 Å². The molecule has 1 atom stereocenters. The van der Waals surface area contributed by atoms with Gasteiger partial charge in [-0.05, 0) is 37.0 Å². The van der Waals surface area contributed by atoms with Crippen LogP contribution in [0.4, 0.5) is 10.6 Å². The van der Waals surface area contributed by atoms with Gasteiger partial charge >= 0.3 is 11.7 Å². The lowest BCUT2D eigenvalue weighted by Gasteiger charge is -2.43. The average Bonchev–Trinajstić information content (AvgIpc) is 3.31. The largest absolute Gasteiger partial charge is 0.371 e. The molecule has 4 rings (SSSR count). The summed E-state index contributed by atoms with van der Waals surface area (Å²) in [6.45, 7) is 1.60. The highest BCUT2D eigenvalue weighted by molar-refractivity contribution is 6.04. The van der Waals surface area contributed by atoms with Gasteiger partial charge in [-0.2, -0.15) is 0 Å². The molecule has 1 aromatic heterocycles. The molecular weight excluding hydrogens is 416 g/mol. The zero-order chi connectivity index (χ0) is 23.0. The van der Waals surface area contributed by atoms with E-state index in [4.69, 9.17) is 0 Å². The van der Waals surface area contributed by atoms with E-state index in [0.29, 0.717) is 31.4 Å². The Hall–Kier alpha value is -3.11. The molecule has 11 heteroatoms. The zero-order valence-corrected chi connectivity index (χ0v) is 18.6. The van der Waals surface area contributed by atoms with E-state index >= 15 is 0 Å². The Kier molecular flexibility index (Phi) is 5.83. The number of likely N-dealkylation sites (tertiary alicyclic amines) is 1. The van der Waals surface area contributed by atoms with E-state index in [1.807, 2.05) is 0 Å². The predicted octanol–water partition coefficient (Wildman–Crippen LogP) is -0.543. The molecule has 2 aliphatic heterocycles. The maximum absolute atomic E-state index is 12.6. The van der Waals surface area contributed by atoms with Gasteiger partial charge in [-0.25, -0.2) is 9.59 Å². The lowest BCUT2D eigenvalue weighted by molar-refractivity contribution is -0.138. The second-order valence-electron chi connectivity index (χ2n) is 9.12. The van der Waals surface area contributed by atoms with Crippen LogP contribution in [0.5, 0.6) is 0 Å². The van der Waals surface area contributed by atoms with Gasteiger partial charge < -0.3 is 15.5 Å². The third-order valence-corrected chi connectivity index (χ3v) is 7.49. The van der Waals surface area contributed by atoms with Crippen LogP contribution in [0.2, 0.25) is 0 Å². The Balaban J connectivity index is 1.36. The second kappa shape index (κ2) is 8.44. The maximum Gasteiger partial charge on any atom is 0.332 e. The fourth-order valence-electron chi connectivity index (χ4n) is 5.37. The molecule has 3 heterocycles. The van der Waals surface area contributed by atoms with Crippen molar-refractivity contribution in [3.63, 3.8) is 0 Å². The van der Waals surface area contributed by atoms with Gasteiger partial charge in [-0.15, -0.1) is 0 Å². The molecule has 1 unspecified atom stereocenters. The summed E-state index contributed by atoms with van der Waals surface area (Å²) in [7, 11) is 3.10. The number of amides is 4. The van der Waals surface area contributed by atoms with Crippen LogP contribution in [0, 0.1) is 11.3 Å². The number of aromatic nitrogens is 2. The van der Waals surface area contributed by atoms with E-state index in [0.717, 1.165) is 41.6 Å². The predicted molar refractivity (Wildman–Crippen MR) is 116 cm³/mol. The highest BCUT2D eigenvalue weighted by Crippen LogP contribution is 2.50.